The molecule has 138 valence electrons. The van der Waals surface area contributed by atoms with Crippen molar-refractivity contribution in [1.29, 1.82) is 0 Å². The molecule has 0 aromatic heterocycles. The van der Waals surface area contributed by atoms with Crippen molar-refractivity contribution in [2.24, 2.45) is 5.73 Å². The number of nitrogens with one attached hydrogen (secondary N) is 1. The third kappa shape index (κ3) is 4.79. The second-order valence-electron chi connectivity index (χ2n) is 5.73. The fourth-order valence-electron chi connectivity index (χ4n) is 2.51. The van der Waals surface area contributed by atoms with E-state index in [1.807, 2.05) is 0 Å². The van der Waals surface area contributed by atoms with Gasteiger partial charge in [-0.25, -0.2) is 12.8 Å². The Hall–Kier alpha value is -2.94. The number of hydrogen-bond donors (Lipinski definition) is 2. The van der Waals surface area contributed by atoms with Crippen LogP contribution in [0.25, 0.3) is 0 Å². The summed E-state index contributed by atoms with van der Waals surface area (Å²) in [6.07, 6.45) is 0.987. The average Bonchev–Trinajstić information content (AvgIpc) is 2.52. The Morgan fingerprint density at radius 3 is 2.38 bits per heavy atom. The molecule has 26 heavy (non-hydrogen) atoms. The molecular weight excluding hydrogens is 361 g/mol. The highest BCUT2D eigenvalue weighted by molar-refractivity contribution is 7.92. The minimum absolute atomic E-state index is 0.142. The maximum Gasteiger partial charge on any atom is 0.254 e. The number of rotatable bonds is 6. The van der Waals surface area contributed by atoms with Crippen LogP contribution in [-0.4, -0.2) is 38.4 Å². The number of sulfonamides is 1. The van der Waals surface area contributed by atoms with Gasteiger partial charge in [0.25, 0.3) is 5.91 Å². The summed E-state index contributed by atoms with van der Waals surface area (Å²) in [5.41, 5.74) is 5.98. The molecule has 7 nitrogen and oxygen atoms in total. The maximum atomic E-state index is 13.5. The molecule has 1 atom stereocenters. The zero-order valence-corrected chi connectivity index (χ0v) is 15.0. The van der Waals surface area contributed by atoms with Crippen molar-refractivity contribution >= 4 is 27.5 Å². The minimum atomic E-state index is -3.51. The van der Waals surface area contributed by atoms with Crippen LogP contribution >= 0.6 is 0 Å². The molecule has 0 aliphatic carbocycles. The number of amides is 2. The van der Waals surface area contributed by atoms with Gasteiger partial charge in [-0.15, -0.1) is 0 Å². The van der Waals surface area contributed by atoms with E-state index in [1.165, 1.54) is 49.5 Å². The van der Waals surface area contributed by atoms with Crippen molar-refractivity contribution in [2.45, 2.75) is 6.04 Å². The smallest absolute Gasteiger partial charge is 0.254 e. The summed E-state index contributed by atoms with van der Waals surface area (Å²) in [5, 5.41) is 0. The van der Waals surface area contributed by atoms with Gasteiger partial charge < -0.3 is 10.6 Å². The molecule has 2 rings (SSSR count). The molecule has 3 N–H and O–H groups in total. The van der Waals surface area contributed by atoms with Gasteiger partial charge in [0.05, 0.1) is 6.26 Å². The standard InChI is InChI=1S/C17H18FN3O4S/c1-21(15(16(19)22)11-5-3-7-13(18)9-11)17(23)12-6-4-8-14(10-12)20-26(2,24)25/h3-10,15,20H,1-2H3,(H2,19,22). The van der Waals surface area contributed by atoms with E-state index in [0.717, 1.165) is 17.2 Å². The van der Waals surface area contributed by atoms with Crippen molar-refractivity contribution in [3.05, 3.63) is 65.5 Å². The number of hydrogen-bond acceptors (Lipinski definition) is 4. The van der Waals surface area contributed by atoms with E-state index in [4.69, 9.17) is 5.73 Å². The molecule has 0 fully saturated rings. The Labute approximate surface area is 150 Å². The van der Waals surface area contributed by atoms with Crippen molar-refractivity contribution in [3.8, 4) is 0 Å². The van der Waals surface area contributed by atoms with E-state index >= 15 is 0 Å². The zero-order chi connectivity index (χ0) is 19.5. The summed E-state index contributed by atoms with van der Waals surface area (Å²) in [6.45, 7) is 0. The fourth-order valence-corrected chi connectivity index (χ4v) is 3.06. The Bertz CT molecular complexity index is 947. The molecule has 2 aromatic rings. The van der Waals surface area contributed by atoms with E-state index in [2.05, 4.69) is 4.72 Å². The number of nitrogens with two attached hydrogens (primary N) is 1. The molecule has 9 heteroatoms. The highest BCUT2D eigenvalue weighted by atomic mass is 32.2. The molecule has 0 aliphatic rings. The second-order valence-corrected chi connectivity index (χ2v) is 7.48. The van der Waals surface area contributed by atoms with Gasteiger partial charge in [-0.1, -0.05) is 18.2 Å². The summed E-state index contributed by atoms with van der Waals surface area (Å²) < 4.78 is 38.4. The van der Waals surface area contributed by atoms with Gasteiger partial charge in [0.1, 0.15) is 11.9 Å². The Morgan fingerprint density at radius 2 is 1.81 bits per heavy atom. The lowest BCUT2D eigenvalue weighted by molar-refractivity contribution is -0.122. The largest absolute Gasteiger partial charge is 0.368 e. The molecule has 0 saturated heterocycles. The number of benzene rings is 2. The van der Waals surface area contributed by atoms with Crippen LogP contribution < -0.4 is 10.5 Å². The zero-order valence-electron chi connectivity index (χ0n) is 14.1. The molecular formula is C17H18FN3O4S. The van der Waals surface area contributed by atoms with Gasteiger partial charge in [-0.3, -0.25) is 14.3 Å². The van der Waals surface area contributed by atoms with Crippen LogP contribution in [0, 0.1) is 5.82 Å². The summed E-state index contributed by atoms with van der Waals surface area (Å²) in [4.78, 5) is 25.7. The van der Waals surface area contributed by atoms with Crippen molar-refractivity contribution in [1.82, 2.24) is 4.90 Å². The third-order valence-electron chi connectivity index (χ3n) is 3.55. The van der Waals surface area contributed by atoms with Crippen LogP contribution in [0.1, 0.15) is 22.0 Å². The van der Waals surface area contributed by atoms with Crippen LogP contribution in [0.5, 0.6) is 0 Å². The summed E-state index contributed by atoms with van der Waals surface area (Å²) in [7, 11) is -2.15. The van der Waals surface area contributed by atoms with Crippen LogP contribution in [-0.2, 0) is 14.8 Å². The predicted octanol–water partition coefficient (Wildman–Crippen LogP) is 1.50. The summed E-state index contributed by atoms with van der Waals surface area (Å²) in [6, 6.07) is 9.85. The third-order valence-corrected chi connectivity index (χ3v) is 4.16. The van der Waals surface area contributed by atoms with Crippen LogP contribution in [0.4, 0.5) is 10.1 Å². The lowest BCUT2D eigenvalue weighted by Gasteiger charge is -2.26. The van der Waals surface area contributed by atoms with Crippen molar-refractivity contribution in [2.75, 3.05) is 18.0 Å². The first kappa shape index (κ1) is 19.4. The first-order valence-corrected chi connectivity index (χ1v) is 9.37. The van der Waals surface area contributed by atoms with Gasteiger partial charge in [0.15, 0.2) is 0 Å². The van der Waals surface area contributed by atoms with E-state index in [9.17, 15) is 22.4 Å². The van der Waals surface area contributed by atoms with Crippen LogP contribution in [0.2, 0.25) is 0 Å². The first-order chi connectivity index (χ1) is 12.1. The molecule has 0 heterocycles. The van der Waals surface area contributed by atoms with E-state index in [1.54, 1.807) is 0 Å². The molecule has 0 saturated carbocycles. The summed E-state index contributed by atoms with van der Waals surface area (Å²) >= 11 is 0. The molecule has 0 spiro atoms. The lowest BCUT2D eigenvalue weighted by Crippen LogP contribution is -2.39. The number of carbonyl (C=O) groups excluding carboxylic acids is 2. The molecule has 2 aromatic carbocycles. The Balaban J connectivity index is 2.35. The number of nitrogens with zero attached hydrogens (tertiary/aromatic N) is 1. The predicted molar refractivity (Wildman–Crippen MR) is 95.3 cm³/mol. The van der Waals surface area contributed by atoms with Gasteiger partial charge in [-0.2, -0.15) is 0 Å². The minimum Gasteiger partial charge on any atom is -0.368 e. The SMILES string of the molecule is CN(C(=O)c1cccc(NS(C)(=O)=O)c1)C(C(N)=O)c1cccc(F)c1. The molecule has 2 amide bonds. The lowest BCUT2D eigenvalue weighted by atomic mass is 10.0. The molecule has 0 radical (unpaired) electrons. The Kier molecular flexibility index (Phi) is 5.61. The highest BCUT2D eigenvalue weighted by Crippen LogP contribution is 2.23. The monoisotopic (exact) mass is 379 g/mol. The van der Waals surface area contributed by atoms with Crippen LogP contribution in [0.3, 0.4) is 0 Å². The molecule has 0 aliphatic heterocycles. The van der Waals surface area contributed by atoms with Crippen molar-refractivity contribution in [3.63, 3.8) is 0 Å². The number of carbonyl (C=O) groups is 2. The first-order valence-electron chi connectivity index (χ1n) is 7.48. The van der Waals surface area contributed by atoms with E-state index in [0.29, 0.717) is 0 Å². The van der Waals surface area contributed by atoms with Gasteiger partial charge in [0.2, 0.25) is 15.9 Å². The average molecular weight is 379 g/mol. The maximum absolute atomic E-state index is 13.5. The quantitative estimate of drug-likeness (QED) is 0.792. The topological polar surface area (TPSA) is 110 Å². The van der Waals surface area contributed by atoms with E-state index in [-0.39, 0.29) is 16.8 Å². The highest BCUT2D eigenvalue weighted by Gasteiger charge is 2.28. The van der Waals surface area contributed by atoms with Gasteiger partial charge in [0, 0.05) is 18.3 Å². The Morgan fingerprint density at radius 1 is 1.15 bits per heavy atom. The normalized spacial score (nSPS) is 12.3. The van der Waals surface area contributed by atoms with Crippen LogP contribution in [0.15, 0.2) is 48.5 Å². The van der Waals surface area contributed by atoms with Gasteiger partial charge in [-0.05, 0) is 35.9 Å². The second kappa shape index (κ2) is 7.52. The fraction of sp³-hybridized carbons (Fsp3) is 0.176. The summed E-state index contributed by atoms with van der Waals surface area (Å²) in [5.74, 6) is -1.96. The number of halogens is 1. The molecule has 1 unspecified atom stereocenters. The van der Waals surface area contributed by atoms with Crippen molar-refractivity contribution < 1.29 is 22.4 Å². The van der Waals surface area contributed by atoms with Gasteiger partial charge >= 0.3 is 0 Å². The molecule has 0 bridgehead atoms. The number of primary amides is 1. The number of anilines is 1. The number of likely N-dealkylation sites (N-methyl/N-ethyl adjacent to an activating group) is 1. The van der Waals surface area contributed by atoms with E-state index < -0.39 is 33.7 Å².